The quantitative estimate of drug-likeness (QED) is 0.881. The highest BCUT2D eigenvalue weighted by Gasteiger charge is 2.17. The molecule has 104 valence electrons. The summed E-state index contributed by atoms with van der Waals surface area (Å²) in [5.41, 5.74) is 2.21. The summed E-state index contributed by atoms with van der Waals surface area (Å²) in [4.78, 5) is 0. The van der Waals surface area contributed by atoms with Gasteiger partial charge in [-0.3, -0.25) is 0 Å². The van der Waals surface area contributed by atoms with Crippen LogP contribution >= 0.6 is 0 Å². The van der Waals surface area contributed by atoms with Gasteiger partial charge in [-0.15, -0.1) is 0 Å². The van der Waals surface area contributed by atoms with E-state index in [4.69, 9.17) is 9.15 Å². The van der Waals surface area contributed by atoms with Crippen LogP contribution in [0.5, 0.6) is 5.75 Å². The summed E-state index contributed by atoms with van der Waals surface area (Å²) in [7, 11) is 1.69. The zero-order chi connectivity index (χ0) is 14.0. The van der Waals surface area contributed by atoms with Crippen LogP contribution in [0, 0.1) is 0 Å². The van der Waals surface area contributed by atoms with Crippen molar-refractivity contribution < 1.29 is 9.15 Å². The van der Waals surface area contributed by atoms with Crippen molar-refractivity contribution in [3.63, 3.8) is 0 Å². The summed E-state index contributed by atoms with van der Waals surface area (Å²) in [5, 5.41) is 4.58. The van der Waals surface area contributed by atoms with Crippen LogP contribution in [-0.4, -0.2) is 13.2 Å². The lowest BCUT2D eigenvalue weighted by atomic mass is 9.99. The second kappa shape index (κ2) is 5.66. The first-order valence-electron chi connectivity index (χ1n) is 6.85. The predicted molar refractivity (Wildman–Crippen MR) is 78.8 cm³/mol. The van der Waals surface area contributed by atoms with Crippen molar-refractivity contribution in [3.8, 4) is 5.75 Å². The zero-order valence-corrected chi connectivity index (χ0v) is 12.4. The summed E-state index contributed by atoms with van der Waals surface area (Å²) >= 11 is 0. The van der Waals surface area contributed by atoms with Crippen LogP contribution in [0.1, 0.15) is 44.9 Å². The largest absolute Gasteiger partial charge is 0.497 e. The molecule has 19 heavy (non-hydrogen) atoms. The van der Waals surface area contributed by atoms with E-state index in [1.807, 2.05) is 12.1 Å². The van der Waals surface area contributed by atoms with Gasteiger partial charge in [-0.1, -0.05) is 27.7 Å². The van der Waals surface area contributed by atoms with Gasteiger partial charge in [0.25, 0.3) is 0 Å². The van der Waals surface area contributed by atoms with Gasteiger partial charge in [0.05, 0.1) is 13.7 Å². The molecule has 0 aliphatic carbocycles. The number of rotatable bonds is 5. The summed E-state index contributed by atoms with van der Waals surface area (Å²) < 4.78 is 11.3. The minimum atomic E-state index is 0.428. The van der Waals surface area contributed by atoms with Gasteiger partial charge in [0.15, 0.2) is 0 Å². The molecule has 1 N–H and O–H groups in total. The van der Waals surface area contributed by atoms with Gasteiger partial charge in [0, 0.05) is 17.0 Å². The molecule has 0 saturated heterocycles. The molecule has 2 rings (SSSR count). The standard InChI is InChI=1S/C16H23NO2/c1-10(2)16-13-8-12(18-5)6-7-14(13)19-15(16)9-17-11(3)4/h6-8,10-11,17H,9H2,1-5H3. The van der Waals surface area contributed by atoms with Gasteiger partial charge in [0.1, 0.15) is 17.1 Å². The number of methoxy groups -OCH3 is 1. The van der Waals surface area contributed by atoms with E-state index in [2.05, 4.69) is 39.1 Å². The van der Waals surface area contributed by atoms with Crippen molar-refractivity contribution in [1.82, 2.24) is 5.32 Å². The number of hydrogen-bond donors (Lipinski definition) is 1. The zero-order valence-electron chi connectivity index (χ0n) is 12.4. The molecule has 0 radical (unpaired) electrons. The van der Waals surface area contributed by atoms with E-state index in [0.29, 0.717) is 12.0 Å². The normalized spacial score (nSPS) is 11.7. The molecule has 1 heterocycles. The number of ether oxygens (including phenoxy) is 1. The highest BCUT2D eigenvalue weighted by molar-refractivity contribution is 5.84. The van der Waals surface area contributed by atoms with E-state index >= 15 is 0 Å². The molecule has 0 aliphatic heterocycles. The molecule has 0 aliphatic rings. The Morgan fingerprint density at radius 3 is 2.53 bits per heavy atom. The van der Waals surface area contributed by atoms with Crippen molar-refractivity contribution in [2.24, 2.45) is 0 Å². The first-order valence-corrected chi connectivity index (χ1v) is 6.85. The van der Waals surface area contributed by atoms with E-state index in [1.54, 1.807) is 7.11 Å². The Morgan fingerprint density at radius 1 is 1.21 bits per heavy atom. The highest BCUT2D eigenvalue weighted by atomic mass is 16.5. The number of fused-ring (bicyclic) bond motifs is 1. The van der Waals surface area contributed by atoms with Gasteiger partial charge in [0.2, 0.25) is 0 Å². The molecule has 0 fully saturated rings. The van der Waals surface area contributed by atoms with Crippen LogP contribution < -0.4 is 10.1 Å². The van der Waals surface area contributed by atoms with Gasteiger partial charge >= 0.3 is 0 Å². The van der Waals surface area contributed by atoms with Gasteiger partial charge in [-0.25, -0.2) is 0 Å². The number of furan rings is 1. The van der Waals surface area contributed by atoms with Crippen LogP contribution in [0.3, 0.4) is 0 Å². The fourth-order valence-electron chi connectivity index (χ4n) is 2.33. The van der Waals surface area contributed by atoms with E-state index in [-0.39, 0.29) is 0 Å². The van der Waals surface area contributed by atoms with Crippen molar-refractivity contribution >= 4 is 11.0 Å². The van der Waals surface area contributed by atoms with Crippen LogP contribution in [0.4, 0.5) is 0 Å². The molecule has 3 nitrogen and oxygen atoms in total. The van der Waals surface area contributed by atoms with Crippen LogP contribution in [0.2, 0.25) is 0 Å². The van der Waals surface area contributed by atoms with Crippen molar-refractivity contribution in [2.45, 2.75) is 46.2 Å². The average Bonchev–Trinajstić information content (AvgIpc) is 2.73. The molecular weight excluding hydrogens is 238 g/mol. The molecule has 0 bridgehead atoms. The molecule has 1 aromatic carbocycles. The van der Waals surface area contributed by atoms with Crippen molar-refractivity contribution in [2.75, 3.05) is 7.11 Å². The molecule has 0 saturated carbocycles. The van der Waals surface area contributed by atoms with E-state index < -0.39 is 0 Å². The predicted octanol–water partition coefficient (Wildman–Crippen LogP) is 4.06. The molecule has 0 amide bonds. The molecular formula is C16H23NO2. The Morgan fingerprint density at radius 2 is 1.95 bits per heavy atom. The monoisotopic (exact) mass is 261 g/mol. The molecule has 1 aromatic heterocycles. The van der Waals surface area contributed by atoms with E-state index in [1.165, 1.54) is 5.56 Å². The molecule has 3 heteroatoms. The topological polar surface area (TPSA) is 34.4 Å². The minimum Gasteiger partial charge on any atom is -0.497 e. The van der Waals surface area contributed by atoms with Crippen molar-refractivity contribution in [1.29, 1.82) is 0 Å². The Kier molecular flexibility index (Phi) is 4.15. The van der Waals surface area contributed by atoms with Crippen LogP contribution in [-0.2, 0) is 6.54 Å². The highest BCUT2D eigenvalue weighted by Crippen LogP contribution is 2.34. The lowest BCUT2D eigenvalue weighted by Gasteiger charge is -2.10. The third-order valence-corrected chi connectivity index (χ3v) is 3.26. The lowest BCUT2D eigenvalue weighted by molar-refractivity contribution is 0.415. The maximum atomic E-state index is 5.99. The first-order chi connectivity index (χ1) is 9.02. The van der Waals surface area contributed by atoms with Crippen LogP contribution in [0.15, 0.2) is 22.6 Å². The third kappa shape index (κ3) is 2.92. The summed E-state index contributed by atoms with van der Waals surface area (Å²) in [5.74, 6) is 2.34. The maximum Gasteiger partial charge on any atom is 0.134 e. The first kappa shape index (κ1) is 13.9. The second-order valence-electron chi connectivity index (χ2n) is 5.49. The molecule has 0 spiro atoms. The smallest absolute Gasteiger partial charge is 0.134 e. The third-order valence-electron chi connectivity index (χ3n) is 3.26. The Hall–Kier alpha value is -1.48. The Labute approximate surface area is 114 Å². The fraction of sp³-hybridized carbons (Fsp3) is 0.500. The Balaban J connectivity index is 2.48. The van der Waals surface area contributed by atoms with E-state index in [9.17, 15) is 0 Å². The number of hydrogen-bond acceptors (Lipinski definition) is 3. The number of benzene rings is 1. The summed E-state index contributed by atoms with van der Waals surface area (Å²) in [6.07, 6.45) is 0. The van der Waals surface area contributed by atoms with Crippen molar-refractivity contribution in [3.05, 3.63) is 29.5 Å². The fourth-order valence-corrected chi connectivity index (χ4v) is 2.33. The lowest BCUT2D eigenvalue weighted by Crippen LogP contribution is -2.22. The molecule has 0 unspecified atom stereocenters. The summed E-state index contributed by atoms with van der Waals surface area (Å²) in [6.45, 7) is 9.44. The minimum absolute atomic E-state index is 0.428. The maximum absolute atomic E-state index is 5.99. The second-order valence-corrected chi connectivity index (χ2v) is 5.49. The molecule has 2 aromatic rings. The summed E-state index contributed by atoms with van der Waals surface area (Å²) in [6, 6.07) is 6.43. The van der Waals surface area contributed by atoms with Crippen LogP contribution in [0.25, 0.3) is 11.0 Å². The van der Waals surface area contributed by atoms with E-state index in [0.717, 1.165) is 29.0 Å². The average molecular weight is 261 g/mol. The van der Waals surface area contributed by atoms with Gasteiger partial charge in [-0.05, 0) is 24.1 Å². The molecule has 0 atom stereocenters. The number of nitrogens with one attached hydrogen (secondary N) is 1. The Bertz CT molecular complexity index is 555. The van der Waals surface area contributed by atoms with Gasteiger partial charge < -0.3 is 14.5 Å². The SMILES string of the molecule is COc1ccc2oc(CNC(C)C)c(C(C)C)c2c1. The van der Waals surface area contributed by atoms with Gasteiger partial charge in [-0.2, -0.15) is 0 Å².